The van der Waals surface area contributed by atoms with Crippen LogP contribution >= 0.6 is 15.9 Å². The molecule has 1 aliphatic heterocycles. The van der Waals surface area contributed by atoms with Crippen molar-refractivity contribution in [2.45, 2.75) is 50.5 Å². The highest BCUT2D eigenvalue weighted by atomic mass is 79.9. The van der Waals surface area contributed by atoms with E-state index in [0.717, 1.165) is 31.9 Å². The van der Waals surface area contributed by atoms with Gasteiger partial charge in [0.25, 0.3) is 0 Å². The van der Waals surface area contributed by atoms with Crippen molar-refractivity contribution in [1.29, 1.82) is 0 Å². The normalized spacial score (nSPS) is 23.4. The number of carbonyl (C=O) groups excluding carboxylic acids is 1. The van der Waals surface area contributed by atoms with Gasteiger partial charge in [-0.15, -0.1) is 0 Å². The van der Waals surface area contributed by atoms with Crippen molar-refractivity contribution >= 4 is 27.4 Å². The fraction of sp³-hybridized carbons (Fsp3) is 0.591. The number of nitrogens with zero attached hydrogens (tertiary/aromatic N) is 5. The Morgan fingerprint density at radius 3 is 2.20 bits per heavy atom. The van der Waals surface area contributed by atoms with E-state index in [0.29, 0.717) is 10.9 Å². The summed E-state index contributed by atoms with van der Waals surface area (Å²) in [6.45, 7) is 9.56. The second kappa shape index (κ2) is 8.67. The average Bonchev–Trinajstić information content (AvgIpc) is 3.08. The Hall–Kier alpha value is -1.93. The van der Waals surface area contributed by atoms with Gasteiger partial charge in [-0.2, -0.15) is 5.10 Å². The lowest BCUT2D eigenvalue weighted by Gasteiger charge is -2.46. The Labute approximate surface area is 185 Å². The van der Waals surface area contributed by atoms with Crippen LogP contribution in [0.3, 0.4) is 0 Å². The maximum atomic E-state index is 12.9. The van der Waals surface area contributed by atoms with Crippen molar-refractivity contribution in [2.75, 3.05) is 31.1 Å². The Morgan fingerprint density at radius 2 is 1.70 bits per heavy atom. The van der Waals surface area contributed by atoms with Crippen molar-refractivity contribution in [3.05, 3.63) is 41.1 Å². The van der Waals surface area contributed by atoms with Crippen LogP contribution in [-0.2, 0) is 4.79 Å². The summed E-state index contributed by atoms with van der Waals surface area (Å²) in [5.74, 6) is -0.0516. The Kier molecular flexibility index (Phi) is 6.16. The summed E-state index contributed by atoms with van der Waals surface area (Å²) < 4.78 is 2.81. The van der Waals surface area contributed by atoms with Crippen LogP contribution in [-0.4, -0.2) is 62.1 Å². The van der Waals surface area contributed by atoms with Gasteiger partial charge in [0.05, 0.1) is 5.69 Å². The van der Waals surface area contributed by atoms with Gasteiger partial charge in [-0.3, -0.25) is 9.69 Å². The van der Waals surface area contributed by atoms with Gasteiger partial charge in [0.1, 0.15) is 12.4 Å². The molecule has 0 amide bonds. The summed E-state index contributed by atoms with van der Waals surface area (Å²) in [5, 5.41) is 4.22. The number of rotatable bonds is 6. The molecule has 2 unspecified atom stereocenters. The number of aromatic nitrogens is 3. The summed E-state index contributed by atoms with van der Waals surface area (Å²) in [5.41, 5.74) is 1.65. The highest BCUT2D eigenvalue weighted by Crippen LogP contribution is 2.32. The van der Waals surface area contributed by atoms with Crippen LogP contribution < -0.4 is 10.6 Å². The molecular weight excluding hydrogens is 446 g/mol. The average molecular weight is 476 g/mol. The lowest BCUT2D eigenvalue weighted by atomic mass is 9.91. The first-order valence-electron chi connectivity index (χ1n) is 10.8. The standard InChI is InChI=1S/C22H30BrN5O2/c1-15(2)21(16(3)29)28-22(30)27(14-24-28)18-6-4-17(5-7-18)25-10-12-26(13-11-25)20-9-8-19(20)23/h4-7,14-15,19-21H,8-13H2,1-3H3/t19?,20-,21?/m1/s1. The van der Waals surface area contributed by atoms with Crippen molar-refractivity contribution in [3.63, 3.8) is 0 Å². The fourth-order valence-corrected chi connectivity index (χ4v) is 5.46. The van der Waals surface area contributed by atoms with E-state index in [4.69, 9.17) is 0 Å². The van der Waals surface area contributed by atoms with E-state index in [1.54, 1.807) is 0 Å². The molecule has 1 aliphatic carbocycles. The highest BCUT2D eigenvalue weighted by Gasteiger charge is 2.35. The van der Waals surface area contributed by atoms with Gasteiger partial charge in [0, 0.05) is 42.7 Å². The number of Topliss-reactive ketones (excluding diaryl/α,β-unsaturated/α-hetero) is 1. The maximum Gasteiger partial charge on any atom is 0.351 e. The summed E-state index contributed by atoms with van der Waals surface area (Å²) in [6, 6.07) is 8.19. The van der Waals surface area contributed by atoms with Crippen molar-refractivity contribution in [1.82, 2.24) is 19.2 Å². The Balaban J connectivity index is 1.46. The van der Waals surface area contributed by atoms with Crippen LogP contribution in [0.25, 0.3) is 5.69 Å². The number of hydrogen-bond donors (Lipinski definition) is 0. The van der Waals surface area contributed by atoms with Crippen molar-refractivity contribution in [3.8, 4) is 5.69 Å². The van der Waals surface area contributed by atoms with Crippen molar-refractivity contribution < 1.29 is 4.79 Å². The first-order valence-corrected chi connectivity index (χ1v) is 11.7. The number of carbonyl (C=O) groups is 1. The number of anilines is 1. The number of ketones is 1. The van der Waals surface area contributed by atoms with Crippen molar-refractivity contribution in [2.24, 2.45) is 5.92 Å². The molecule has 2 heterocycles. The smallest absolute Gasteiger partial charge is 0.351 e. The number of halogens is 1. The summed E-state index contributed by atoms with van der Waals surface area (Å²) in [7, 11) is 0. The van der Waals surface area contributed by atoms with Gasteiger partial charge >= 0.3 is 5.69 Å². The number of benzene rings is 1. The van der Waals surface area contributed by atoms with Crippen LogP contribution in [0.1, 0.15) is 39.7 Å². The summed E-state index contributed by atoms with van der Waals surface area (Å²) in [4.78, 5) is 30.5. The minimum Gasteiger partial charge on any atom is -0.369 e. The van der Waals surface area contributed by atoms with E-state index in [1.807, 2.05) is 26.0 Å². The third-order valence-electron chi connectivity index (χ3n) is 6.44. The number of hydrogen-bond acceptors (Lipinski definition) is 5. The largest absolute Gasteiger partial charge is 0.369 e. The van der Waals surface area contributed by atoms with Crippen LogP contribution in [0, 0.1) is 5.92 Å². The highest BCUT2D eigenvalue weighted by molar-refractivity contribution is 9.09. The van der Waals surface area contributed by atoms with E-state index < -0.39 is 6.04 Å². The molecule has 2 aliphatic rings. The minimum atomic E-state index is -0.538. The summed E-state index contributed by atoms with van der Waals surface area (Å²) in [6.07, 6.45) is 4.09. The SMILES string of the molecule is CC(=O)C(C(C)C)n1ncn(-c2ccc(N3CCN([C@@H]4CCC4Br)CC3)cc2)c1=O. The second-order valence-electron chi connectivity index (χ2n) is 8.73. The van der Waals surface area contributed by atoms with Crippen LogP contribution in [0.15, 0.2) is 35.4 Å². The number of piperazine rings is 1. The van der Waals surface area contributed by atoms with Gasteiger partial charge in [-0.1, -0.05) is 29.8 Å². The Morgan fingerprint density at radius 1 is 1.07 bits per heavy atom. The second-order valence-corrected chi connectivity index (χ2v) is 9.90. The fourth-order valence-electron chi connectivity index (χ4n) is 4.60. The quantitative estimate of drug-likeness (QED) is 0.601. The third kappa shape index (κ3) is 3.99. The van der Waals surface area contributed by atoms with Gasteiger partial charge in [0.15, 0.2) is 5.78 Å². The minimum absolute atomic E-state index is 0.00403. The van der Waals surface area contributed by atoms with Crippen LogP contribution in [0.2, 0.25) is 0 Å². The molecule has 8 heteroatoms. The molecule has 1 saturated heterocycles. The molecule has 4 rings (SSSR count). The zero-order valence-electron chi connectivity index (χ0n) is 17.9. The molecule has 162 valence electrons. The van der Waals surface area contributed by atoms with E-state index in [9.17, 15) is 9.59 Å². The zero-order chi connectivity index (χ0) is 21.4. The van der Waals surface area contributed by atoms with E-state index in [1.165, 1.54) is 41.0 Å². The first kappa shape index (κ1) is 21.3. The molecule has 3 atom stereocenters. The van der Waals surface area contributed by atoms with E-state index in [2.05, 4.69) is 43.0 Å². The van der Waals surface area contributed by atoms with Crippen LogP contribution in [0.5, 0.6) is 0 Å². The van der Waals surface area contributed by atoms with Gasteiger partial charge in [-0.25, -0.2) is 14.0 Å². The predicted octanol–water partition coefficient (Wildman–Crippen LogP) is 2.87. The maximum absolute atomic E-state index is 12.9. The topological polar surface area (TPSA) is 63.4 Å². The lowest BCUT2D eigenvalue weighted by molar-refractivity contribution is -0.121. The molecule has 0 N–H and O–H groups in total. The molecule has 7 nitrogen and oxygen atoms in total. The number of alkyl halides is 1. The predicted molar refractivity (Wildman–Crippen MR) is 122 cm³/mol. The van der Waals surface area contributed by atoms with E-state index >= 15 is 0 Å². The monoisotopic (exact) mass is 475 g/mol. The van der Waals surface area contributed by atoms with Gasteiger partial charge in [-0.05, 0) is 49.9 Å². The molecule has 2 fully saturated rings. The molecule has 0 radical (unpaired) electrons. The molecule has 30 heavy (non-hydrogen) atoms. The van der Waals surface area contributed by atoms with Gasteiger partial charge in [0.2, 0.25) is 0 Å². The van der Waals surface area contributed by atoms with Crippen LogP contribution in [0.4, 0.5) is 5.69 Å². The summed E-state index contributed by atoms with van der Waals surface area (Å²) >= 11 is 3.78. The molecule has 0 spiro atoms. The first-order chi connectivity index (χ1) is 14.4. The molecule has 2 aromatic rings. The molecular formula is C22H30BrN5O2. The van der Waals surface area contributed by atoms with Gasteiger partial charge < -0.3 is 4.90 Å². The molecule has 1 saturated carbocycles. The lowest BCUT2D eigenvalue weighted by Crippen LogP contribution is -2.56. The Bertz CT molecular complexity index is 943. The molecule has 1 aromatic carbocycles. The molecule has 1 aromatic heterocycles. The third-order valence-corrected chi connectivity index (χ3v) is 7.51. The molecule has 0 bridgehead atoms. The zero-order valence-corrected chi connectivity index (χ0v) is 19.5. The van der Waals surface area contributed by atoms with E-state index in [-0.39, 0.29) is 17.4 Å².